The van der Waals surface area contributed by atoms with Gasteiger partial charge in [-0.25, -0.2) is 0 Å². The van der Waals surface area contributed by atoms with Gasteiger partial charge in [0, 0.05) is 30.6 Å². The maximum atomic E-state index is 10.7. The van der Waals surface area contributed by atoms with Crippen molar-refractivity contribution in [1.29, 1.82) is 0 Å². The summed E-state index contributed by atoms with van der Waals surface area (Å²) in [5, 5.41) is 14.9. The van der Waals surface area contributed by atoms with Gasteiger partial charge in [0.2, 0.25) is 0 Å². The van der Waals surface area contributed by atoms with Gasteiger partial charge in [-0.15, -0.1) is 0 Å². The number of nitro benzene ring substituents is 1. The Labute approximate surface area is 126 Å². The van der Waals surface area contributed by atoms with Crippen LogP contribution < -0.4 is 5.32 Å². The Kier molecular flexibility index (Phi) is 4.20. The maximum Gasteiger partial charge on any atom is 0.269 e. The highest BCUT2D eigenvalue weighted by molar-refractivity contribution is 6.41. The zero-order valence-corrected chi connectivity index (χ0v) is 12.5. The molecule has 0 bridgehead atoms. The van der Waals surface area contributed by atoms with E-state index in [4.69, 9.17) is 23.2 Å². The summed E-state index contributed by atoms with van der Waals surface area (Å²) < 4.78 is 1.79. The third-order valence-electron chi connectivity index (χ3n) is 3.10. The molecule has 2 rings (SSSR count). The van der Waals surface area contributed by atoms with Crippen molar-refractivity contribution in [1.82, 2.24) is 4.57 Å². The summed E-state index contributed by atoms with van der Waals surface area (Å²) in [6, 6.07) is 6.49. The molecule has 0 spiro atoms. The van der Waals surface area contributed by atoms with Crippen molar-refractivity contribution in [2.24, 2.45) is 7.05 Å². The second-order valence-electron chi connectivity index (χ2n) is 4.44. The van der Waals surface area contributed by atoms with Crippen molar-refractivity contribution in [2.45, 2.75) is 13.5 Å². The molecule has 0 saturated carbocycles. The van der Waals surface area contributed by atoms with Crippen LogP contribution in [-0.4, -0.2) is 9.49 Å². The van der Waals surface area contributed by atoms with E-state index in [0.29, 0.717) is 16.7 Å². The van der Waals surface area contributed by atoms with Crippen molar-refractivity contribution in [3.05, 3.63) is 55.8 Å². The highest BCUT2D eigenvalue weighted by Gasteiger charge is 2.10. The predicted octanol–water partition coefficient (Wildman–Crippen LogP) is 4.16. The van der Waals surface area contributed by atoms with Gasteiger partial charge in [0.1, 0.15) is 5.15 Å². The lowest BCUT2D eigenvalue weighted by molar-refractivity contribution is -0.384. The van der Waals surface area contributed by atoms with Crippen LogP contribution in [0.25, 0.3) is 0 Å². The number of nitrogens with one attached hydrogen (secondary N) is 1. The third kappa shape index (κ3) is 2.89. The fraction of sp³-hybridized carbons (Fsp3) is 0.231. The number of aryl methyl sites for hydroxylation is 1. The van der Waals surface area contributed by atoms with Crippen LogP contribution in [0.5, 0.6) is 0 Å². The van der Waals surface area contributed by atoms with E-state index >= 15 is 0 Å². The Balaban J connectivity index is 2.15. The van der Waals surface area contributed by atoms with E-state index in [-0.39, 0.29) is 5.69 Å². The summed E-state index contributed by atoms with van der Waals surface area (Å²) >= 11 is 11.9. The summed E-state index contributed by atoms with van der Waals surface area (Å²) in [5.74, 6) is 0. The molecular formula is C13H13Cl2N3O2. The summed E-state index contributed by atoms with van der Waals surface area (Å²) in [7, 11) is 1.83. The Morgan fingerprint density at radius 2 is 2.05 bits per heavy atom. The van der Waals surface area contributed by atoms with Crippen molar-refractivity contribution >= 4 is 34.6 Å². The van der Waals surface area contributed by atoms with Gasteiger partial charge in [0.15, 0.2) is 0 Å². The fourth-order valence-electron chi connectivity index (χ4n) is 1.90. The van der Waals surface area contributed by atoms with Crippen molar-refractivity contribution in [3.63, 3.8) is 0 Å². The van der Waals surface area contributed by atoms with Crippen LogP contribution in [0.3, 0.4) is 0 Å². The minimum Gasteiger partial charge on any atom is -0.379 e. The first-order valence-corrected chi connectivity index (χ1v) is 6.64. The molecule has 2 aromatic rings. The van der Waals surface area contributed by atoms with Crippen LogP contribution in [0.15, 0.2) is 24.3 Å². The molecule has 7 heteroatoms. The summed E-state index contributed by atoms with van der Waals surface area (Å²) in [6.07, 6.45) is 0. The molecule has 0 amide bonds. The van der Waals surface area contributed by atoms with E-state index in [0.717, 1.165) is 16.9 Å². The average Bonchev–Trinajstić information content (AvgIpc) is 2.64. The first-order valence-electron chi connectivity index (χ1n) is 5.88. The predicted molar refractivity (Wildman–Crippen MR) is 80.6 cm³/mol. The molecule has 1 heterocycles. The number of non-ortho nitro benzene ring substituents is 1. The Morgan fingerprint density at radius 1 is 1.35 bits per heavy atom. The quantitative estimate of drug-likeness (QED) is 0.681. The topological polar surface area (TPSA) is 60.1 Å². The Bertz CT molecular complexity index is 668. The largest absolute Gasteiger partial charge is 0.379 e. The Hall–Kier alpha value is -1.72. The lowest BCUT2D eigenvalue weighted by Gasteiger charge is -2.10. The third-order valence-corrected chi connectivity index (χ3v) is 3.94. The molecule has 1 aromatic heterocycles. The minimum atomic E-state index is -0.409. The van der Waals surface area contributed by atoms with E-state index in [1.165, 1.54) is 12.1 Å². The number of benzene rings is 1. The number of anilines is 1. The number of hydrogen-bond acceptors (Lipinski definition) is 3. The van der Waals surface area contributed by atoms with E-state index in [1.807, 2.05) is 14.0 Å². The maximum absolute atomic E-state index is 10.7. The zero-order valence-electron chi connectivity index (χ0n) is 11.0. The first-order chi connectivity index (χ1) is 9.40. The second-order valence-corrected chi connectivity index (χ2v) is 5.21. The molecule has 0 aliphatic rings. The van der Waals surface area contributed by atoms with E-state index in [2.05, 4.69) is 5.32 Å². The SMILES string of the molecule is Cc1cc([N+](=O)[O-])ccc1NCc1cc(Cl)c(Cl)n1C. The molecule has 0 radical (unpaired) electrons. The van der Waals surface area contributed by atoms with Crippen LogP contribution in [0.2, 0.25) is 10.2 Å². The standard InChI is InChI=1S/C13H13Cl2N3O2/c1-8-5-9(18(19)20)3-4-12(8)16-7-10-6-11(14)13(15)17(10)2/h3-6,16H,7H2,1-2H3. The van der Waals surface area contributed by atoms with Gasteiger partial charge < -0.3 is 9.88 Å². The molecular weight excluding hydrogens is 301 g/mol. The van der Waals surface area contributed by atoms with Gasteiger partial charge in [0.25, 0.3) is 5.69 Å². The molecule has 20 heavy (non-hydrogen) atoms. The normalized spacial score (nSPS) is 10.6. The highest BCUT2D eigenvalue weighted by atomic mass is 35.5. The molecule has 0 atom stereocenters. The fourth-order valence-corrected chi connectivity index (χ4v) is 2.32. The van der Waals surface area contributed by atoms with E-state index in [1.54, 1.807) is 16.7 Å². The van der Waals surface area contributed by atoms with Crippen molar-refractivity contribution < 1.29 is 4.92 Å². The number of rotatable bonds is 4. The van der Waals surface area contributed by atoms with Crippen LogP contribution in [0.1, 0.15) is 11.3 Å². The number of halogens is 2. The molecule has 1 N–H and O–H groups in total. The van der Waals surface area contributed by atoms with E-state index < -0.39 is 4.92 Å². The molecule has 5 nitrogen and oxygen atoms in total. The molecule has 0 saturated heterocycles. The van der Waals surface area contributed by atoms with Gasteiger partial charge in [-0.1, -0.05) is 23.2 Å². The molecule has 1 aromatic carbocycles. The first kappa shape index (κ1) is 14.7. The van der Waals surface area contributed by atoms with Gasteiger partial charge in [0.05, 0.1) is 16.5 Å². The molecule has 106 valence electrons. The van der Waals surface area contributed by atoms with Gasteiger partial charge in [-0.3, -0.25) is 10.1 Å². The van der Waals surface area contributed by atoms with Crippen LogP contribution in [0.4, 0.5) is 11.4 Å². The zero-order chi connectivity index (χ0) is 14.9. The summed E-state index contributed by atoms with van der Waals surface area (Å²) in [4.78, 5) is 10.3. The monoisotopic (exact) mass is 313 g/mol. The van der Waals surface area contributed by atoms with Crippen LogP contribution in [0, 0.1) is 17.0 Å². The summed E-state index contributed by atoms with van der Waals surface area (Å²) in [6.45, 7) is 2.35. The van der Waals surface area contributed by atoms with Crippen molar-refractivity contribution in [2.75, 3.05) is 5.32 Å². The lowest BCUT2D eigenvalue weighted by atomic mass is 10.2. The van der Waals surface area contributed by atoms with E-state index in [9.17, 15) is 10.1 Å². The average molecular weight is 314 g/mol. The number of hydrogen-bond donors (Lipinski definition) is 1. The summed E-state index contributed by atoms with van der Waals surface area (Å²) in [5.41, 5.74) is 2.66. The number of nitrogens with zero attached hydrogens (tertiary/aromatic N) is 2. The van der Waals surface area contributed by atoms with Crippen LogP contribution >= 0.6 is 23.2 Å². The molecule has 0 aliphatic carbocycles. The second kappa shape index (κ2) is 5.73. The minimum absolute atomic E-state index is 0.0815. The molecule has 0 fully saturated rings. The number of aromatic nitrogens is 1. The number of nitro groups is 1. The van der Waals surface area contributed by atoms with Gasteiger partial charge in [-0.05, 0) is 24.6 Å². The molecule has 0 unspecified atom stereocenters. The van der Waals surface area contributed by atoms with Gasteiger partial charge >= 0.3 is 0 Å². The molecule has 0 aliphatic heterocycles. The smallest absolute Gasteiger partial charge is 0.269 e. The highest BCUT2D eigenvalue weighted by Crippen LogP contribution is 2.26. The van der Waals surface area contributed by atoms with Crippen molar-refractivity contribution in [3.8, 4) is 0 Å². The lowest BCUT2D eigenvalue weighted by Crippen LogP contribution is -2.05. The Morgan fingerprint density at radius 3 is 2.55 bits per heavy atom. The van der Waals surface area contributed by atoms with Crippen LogP contribution in [-0.2, 0) is 13.6 Å². The van der Waals surface area contributed by atoms with Gasteiger partial charge in [-0.2, -0.15) is 0 Å².